The first-order chi connectivity index (χ1) is 9.70. The number of rotatable bonds is 6. The molecule has 2 rings (SSSR count). The van der Waals surface area contributed by atoms with Gasteiger partial charge in [-0.15, -0.1) is 0 Å². The Hall–Kier alpha value is -1.55. The van der Waals surface area contributed by atoms with Crippen LogP contribution in [0.25, 0.3) is 0 Å². The Bertz CT molecular complexity index is 447. The zero-order valence-electron chi connectivity index (χ0n) is 12.0. The highest BCUT2D eigenvalue weighted by Crippen LogP contribution is 2.21. The van der Waals surface area contributed by atoms with Crippen LogP contribution in [-0.2, 0) is 4.79 Å². The molecule has 1 unspecified atom stereocenters. The summed E-state index contributed by atoms with van der Waals surface area (Å²) in [6.07, 6.45) is 3.72. The van der Waals surface area contributed by atoms with E-state index in [-0.39, 0.29) is 25.2 Å². The molecule has 4 nitrogen and oxygen atoms in total. The minimum Gasteiger partial charge on any atom is -0.484 e. The van der Waals surface area contributed by atoms with Crippen LogP contribution in [0.15, 0.2) is 24.3 Å². The molecule has 1 saturated heterocycles. The number of hydrogen-bond acceptors (Lipinski definition) is 3. The smallest absolute Gasteiger partial charge is 0.260 e. The third-order valence-electron chi connectivity index (χ3n) is 3.74. The van der Waals surface area contributed by atoms with E-state index in [0.29, 0.717) is 0 Å². The average Bonchev–Trinajstić information content (AvgIpc) is 2.91. The molecular formula is C16H23NO3. The van der Waals surface area contributed by atoms with Crippen molar-refractivity contribution in [2.24, 2.45) is 0 Å². The Morgan fingerprint density at radius 2 is 2.35 bits per heavy atom. The second kappa shape index (κ2) is 7.29. The van der Waals surface area contributed by atoms with Crippen LogP contribution in [0.2, 0.25) is 0 Å². The Labute approximate surface area is 120 Å². The summed E-state index contributed by atoms with van der Waals surface area (Å²) in [6.45, 7) is 3.10. The molecule has 1 aromatic rings. The van der Waals surface area contributed by atoms with Crippen LogP contribution in [0.5, 0.6) is 5.75 Å². The van der Waals surface area contributed by atoms with E-state index in [9.17, 15) is 4.79 Å². The molecule has 0 saturated carbocycles. The molecule has 1 atom stereocenters. The van der Waals surface area contributed by atoms with Gasteiger partial charge in [0, 0.05) is 19.2 Å². The summed E-state index contributed by atoms with van der Waals surface area (Å²) in [6, 6.07) is 8.00. The predicted octanol–water partition coefficient (Wildman–Crippen LogP) is 2.14. The van der Waals surface area contributed by atoms with Crippen LogP contribution in [0.1, 0.15) is 31.2 Å². The summed E-state index contributed by atoms with van der Waals surface area (Å²) in [4.78, 5) is 14.1. The molecule has 1 amide bonds. The fourth-order valence-electron chi connectivity index (χ4n) is 2.72. The van der Waals surface area contributed by atoms with Crippen LogP contribution >= 0.6 is 0 Å². The number of likely N-dealkylation sites (tertiary alicyclic amines) is 1. The van der Waals surface area contributed by atoms with Crippen molar-refractivity contribution in [1.82, 2.24) is 4.90 Å². The van der Waals surface area contributed by atoms with Gasteiger partial charge >= 0.3 is 0 Å². The number of aryl methyl sites for hydroxylation is 1. The van der Waals surface area contributed by atoms with E-state index in [1.54, 1.807) is 0 Å². The molecule has 1 aromatic carbocycles. The maximum Gasteiger partial charge on any atom is 0.260 e. The highest BCUT2D eigenvalue weighted by Gasteiger charge is 2.28. The van der Waals surface area contributed by atoms with E-state index in [1.807, 2.05) is 36.1 Å². The van der Waals surface area contributed by atoms with E-state index in [4.69, 9.17) is 9.84 Å². The van der Waals surface area contributed by atoms with Crippen molar-refractivity contribution in [3.05, 3.63) is 29.8 Å². The number of hydrogen-bond donors (Lipinski definition) is 1. The zero-order chi connectivity index (χ0) is 14.4. The molecule has 20 heavy (non-hydrogen) atoms. The van der Waals surface area contributed by atoms with Gasteiger partial charge in [0.25, 0.3) is 5.91 Å². The first-order valence-electron chi connectivity index (χ1n) is 7.30. The van der Waals surface area contributed by atoms with Gasteiger partial charge in [0.2, 0.25) is 0 Å². The lowest BCUT2D eigenvalue weighted by Gasteiger charge is -2.24. The summed E-state index contributed by atoms with van der Waals surface area (Å²) in [7, 11) is 0. The van der Waals surface area contributed by atoms with Gasteiger partial charge in [-0.1, -0.05) is 12.1 Å². The van der Waals surface area contributed by atoms with Crippen LogP contribution in [0.4, 0.5) is 0 Å². The number of amides is 1. The quantitative estimate of drug-likeness (QED) is 0.866. The number of benzene rings is 1. The van der Waals surface area contributed by atoms with Crippen molar-refractivity contribution in [2.45, 2.75) is 38.6 Å². The second-order valence-electron chi connectivity index (χ2n) is 5.35. The van der Waals surface area contributed by atoms with E-state index >= 15 is 0 Å². The molecule has 1 heterocycles. The highest BCUT2D eigenvalue weighted by atomic mass is 16.5. The summed E-state index contributed by atoms with van der Waals surface area (Å²) >= 11 is 0. The Kier molecular flexibility index (Phi) is 5.41. The first-order valence-corrected chi connectivity index (χ1v) is 7.30. The molecular weight excluding hydrogens is 254 g/mol. The van der Waals surface area contributed by atoms with Gasteiger partial charge in [-0.2, -0.15) is 0 Å². The number of aliphatic hydroxyl groups excluding tert-OH is 1. The standard InChI is InChI=1S/C16H23NO3/c1-13-5-2-8-15(11-13)20-12-16(19)17-9-3-6-14(17)7-4-10-18/h2,5,8,11,14,18H,3-4,6-7,9-10,12H2,1H3. The summed E-state index contributed by atoms with van der Waals surface area (Å²) in [5.74, 6) is 0.788. The molecule has 1 aliphatic heterocycles. The van der Waals surface area contributed by atoms with Crippen LogP contribution in [0, 0.1) is 6.92 Å². The lowest BCUT2D eigenvalue weighted by molar-refractivity contribution is -0.134. The van der Waals surface area contributed by atoms with Crippen LogP contribution in [-0.4, -0.2) is 41.7 Å². The van der Waals surface area contributed by atoms with Crippen molar-refractivity contribution in [1.29, 1.82) is 0 Å². The maximum atomic E-state index is 12.2. The van der Waals surface area contributed by atoms with Crippen molar-refractivity contribution < 1.29 is 14.6 Å². The molecule has 0 aromatic heterocycles. The number of aliphatic hydroxyl groups is 1. The third kappa shape index (κ3) is 3.97. The minimum atomic E-state index is 0.0481. The lowest BCUT2D eigenvalue weighted by atomic mass is 10.1. The fourth-order valence-corrected chi connectivity index (χ4v) is 2.72. The van der Waals surface area contributed by atoms with Gasteiger partial charge in [0.1, 0.15) is 5.75 Å². The summed E-state index contributed by atoms with van der Waals surface area (Å²) in [5, 5.41) is 8.90. The fraction of sp³-hybridized carbons (Fsp3) is 0.562. The van der Waals surface area contributed by atoms with E-state index < -0.39 is 0 Å². The van der Waals surface area contributed by atoms with Gasteiger partial charge in [0.15, 0.2) is 6.61 Å². The molecule has 0 spiro atoms. The van der Waals surface area contributed by atoms with Gasteiger partial charge in [-0.05, 0) is 50.3 Å². The monoisotopic (exact) mass is 277 g/mol. The molecule has 1 N–H and O–H groups in total. The molecule has 0 aliphatic carbocycles. The van der Waals surface area contributed by atoms with Crippen LogP contribution in [0.3, 0.4) is 0 Å². The van der Waals surface area contributed by atoms with Crippen molar-refractivity contribution >= 4 is 5.91 Å². The molecule has 0 radical (unpaired) electrons. The third-order valence-corrected chi connectivity index (χ3v) is 3.74. The maximum absolute atomic E-state index is 12.2. The normalized spacial score (nSPS) is 18.3. The molecule has 0 bridgehead atoms. The molecule has 1 aliphatic rings. The minimum absolute atomic E-state index is 0.0481. The average molecular weight is 277 g/mol. The number of nitrogens with zero attached hydrogens (tertiary/aromatic N) is 1. The second-order valence-corrected chi connectivity index (χ2v) is 5.35. The largest absolute Gasteiger partial charge is 0.484 e. The van der Waals surface area contributed by atoms with E-state index in [0.717, 1.165) is 43.5 Å². The first kappa shape index (κ1) is 14.9. The topological polar surface area (TPSA) is 49.8 Å². The van der Waals surface area contributed by atoms with Crippen molar-refractivity contribution in [3.8, 4) is 5.75 Å². The Morgan fingerprint density at radius 3 is 3.10 bits per heavy atom. The van der Waals surface area contributed by atoms with Crippen molar-refractivity contribution in [3.63, 3.8) is 0 Å². The lowest BCUT2D eigenvalue weighted by Crippen LogP contribution is -2.38. The van der Waals surface area contributed by atoms with E-state index in [2.05, 4.69) is 0 Å². The zero-order valence-corrected chi connectivity index (χ0v) is 12.0. The predicted molar refractivity (Wildman–Crippen MR) is 77.7 cm³/mol. The number of ether oxygens (including phenoxy) is 1. The van der Waals surface area contributed by atoms with Gasteiger partial charge < -0.3 is 14.7 Å². The Morgan fingerprint density at radius 1 is 1.50 bits per heavy atom. The van der Waals surface area contributed by atoms with Gasteiger partial charge in [-0.3, -0.25) is 4.79 Å². The van der Waals surface area contributed by atoms with Crippen LogP contribution < -0.4 is 4.74 Å². The van der Waals surface area contributed by atoms with E-state index in [1.165, 1.54) is 0 Å². The number of carbonyl (C=O) groups excluding carboxylic acids is 1. The molecule has 110 valence electrons. The van der Waals surface area contributed by atoms with Gasteiger partial charge in [0.05, 0.1) is 0 Å². The number of carbonyl (C=O) groups is 1. The highest BCUT2D eigenvalue weighted by molar-refractivity contribution is 5.78. The molecule has 4 heteroatoms. The Balaban J connectivity index is 1.84. The SMILES string of the molecule is Cc1cccc(OCC(=O)N2CCCC2CCCO)c1. The molecule has 1 fully saturated rings. The van der Waals surface area contributed by atoms with Gasteiger partial charge in [-0.25, -0.2) is 0 Å². The summed E-state index contributed by atoms with van der Waals surface area (Å²) in [5.41, 5.74) is 1.12. The van der Waals surface area contributed by atoms with Crippen molar-refractivity contribution in [2.75, 3.05) is 19.8 Å². The summed E-state index contributed by atoms with van der Waals surface area (Å²) < 4.78 is 5.57.